The van der Waals surface area contributed by atoms with Gasteiger partial charge in [-0.3, -0.25) is 0 Å². The average molecular weight is 344 g/mol. The molecule has 5 heteroatoms. The number of ether oxygens (including phenoxy) is 3. The fourth-order valence-electron chi connectivity index (χ4n) is 2.77. The Labute approximate surface area is 146 Å². The summed E-state index contributed by atoms with van der Waals surface area (Å²) in [4.78, 5) is 11.5. The Balaban J connectivity index is 1.84. The lowest BCUT2D eigenvalue weighted by molar-refractivity contribution is 0.120. The summed E-state index contributed by atoms with van der Waals surface area (Å²) in [6.07, 6.45) is 2.16. The van der Waals surface area contributed by atoms with E-state index < -0.39 is 12.0 Å². The van der Waals surface area contributed by atoms with Gasteiger partial charge in [-0.05, 0) is 54.5 Å². The second-order valence-electron chi connectivity index (χ2n) is 6.06. The van der Waals surface area contributed by atoms with Crippen LogP contribution in [0.5, 0.6) is 11.5 Å². The zero-order valence-electron chi connectivity index (χ0n) is 14.4. The van der Waals surface area contributed by atoms with Gasteiger partial charge >= 0.3 is 6.16 Å². The molecule has 25 heavy (non-hydrogen) atoms. The van der Waals surface area contributed by atoms with Crippen LogP contribution in [0.2, 0.25) is 0 Å². The maximum Gasteiger partial charge on any atom is 0.513 e. The van der Waals surface area contributed by atoms with Gasteiger partial charge in [-0.1, -0.05) is 25.1 Å². The second kappa shape index (κ2) is 7.55. The number of carbonyl (C=O) groups is 1. The highest BCUT2D eigenvalue weighted by atomic mass is 19.1. The minimum absolute atomic E-state index is 0.126. The average Bonchev–Trinajstić information content (AvgIpc) is 3.46. The first kappa shape index (κ1) is 17.3. The van der Waals surface area contributed by atoms with Crippen molar-refractivity contribution >= 4 is 6.16 Å². The quantitative estimate of drug-likeness (QED) is 0.547. The SMILES string of the molecule is CCc1ccc(OCc2c(OC(=O)OC)cccc2C2CC2)c(F)c1. The Hall–Kier alpha value is -2.56. The Bertz CT molecular complexity index is 768. The van der Waals surface area contributed by atoms with Crippen LogP contribution in [-0.2, 0) is 17.8 Å². The van der Waals surface area contributed by atoms with E-state index in [4.69, 9.17) is 9.47 Å². The van der Waals surface area contributed by atoms with Crippen LogP contribution in [-0.4, -0.2) is 13.3 Å². The zero-order chi connectivity index (χ0) is 17.8. The van der Waals surface area contributed by atoms with E-state index in [1.54, 1.807) is 12.1 Å². The highest BCUT2D eigenvalue weighted by molar-refractivity contribution is 5.65. The highest BCUT2D eigenvalue weighted by Crippen LogP contribution is 2.44. The van der Waals surface area contributed by atoms with Gasteiger partial charge < -0.3 is 14.2 Å². The molecule has 4 nitrogen and oxygen atoms in total. The molecule has 0 amide bonds. The Morgan fingerprint density at radius 1 is 1.20 bits per heavy atom. The van der Waals surface area contributed by atoms with Crippen molar-refractivity contribution in [2.45, 2.75) is 38.7 Å². The minimum Gasteiger partial charge on any atom is -0.486 e. The Kier molecular flexibility index (Phi) is 5.22. The third-order valence-electron chi connectivity index (χ3n) is 4.32. The van der Waals surface area contributed by atoms with E-state index in [9.17, 15) is 9.18 Å². The topological polar surface area (TPSA) is 44.8 Å². The maximum absolute atomic E-state index is 14.1. The van der Waals surface area contributed by atoms with Crippen LogP contribution in [0.4, 0.5) is 9.18 Å². The zero-order valence-corrected chi connectivity index (χ0v) is 14.4. The summed E-state index contributed by atoms with van der Waals surface area (Å²) in [6, 6.07) is 10.5. The van der Waals surface area contributed by atoms with Gasteiger partial charge in [0.2, 0.25) is 0 Å². The van der Waals surface area contributed by atoms with Crippen LogP contribution in [0.25, 0.3) is 0 Å². The van der Waals surface area contributed by atoms with Crippen molar-refractivity contribution < 1.29 is 23.4 Å². The molecule has 0 spiro atoms. The molecule has 1 aliphatic rings. The second-order valence-corrected chi connectivity index (χ2v) is 6.06. The summed E-state index contributed by atoms with van der Waals surface area (Å²) < 4.78 is 29.6. The normalized spacial score (nSPS) is 13.4. The van der Waals surface area contributed by atoms with E-state index in [-0.39, 0.29) is 12.4 Å². The van der Waals surface area contributed by atoms with Gasteiger partial charge in [-0.2, -0.15) is 0 Å². The van der Waals surface area contributed by atoms with Crippen molar-refractivity contribution in [3.8, 4) is 11.5 Å². The van der Waals surface area contributed by atoms with Gasteiger partial charge in [0.1, 0.15) is 12.4 Å². The van der Waals surface area contributed by atoms with E-state index in [0.29, 0.717) is 11.7 Å². The number of benzene rings is 2. The molecule has 0 aromatic heterocycles. The van der Waals surface area contributed by atoms with Gasteiger partial charge in [0.15, 0.2) is 11.6 Å². The molecule has 132 valence electrons. The van der Waals surface area contributed by atoms with E-state index in [2.05, 4.69) is 4.74 Å². The van der Waals surface area contributed by atoms with Crippen LogP contribution in [0.1, 0.15) is 42.4 Å². The summed E-state index contributed by atoms with van der Waals surface area (Å²) in [5, 5.41) is 0. The molecule has 0 bridgehead atoms. The molecule has 2 aromatic rings. The van der Waals surface area contributed by atoms with Crippen molar-refractivity contribution in [1.82, 2.24) is 0 Å². The first-order chi connectivity index (χ1) is 12.1. The summed E-state index contributed by atoms with van der Waals surface area (Å²) >= 11 is 0. The molecular weight excluding hydrogens is 323 g/mol. The predicted octanol–water partition coefficient (Wildman–Crippen LogP) is 4.99. The third kappa shape index (κ3) is 4.10. The number of halogens is 1. The van der Waals surface area contributed by atoms with Crippen LogP contribution in [0.3, 0.4) is 0 Å². The Morgan fingerprint density at radius 2 is 2.00 bits per heavy atom. The fourth-order valence-corrected chi connectivity index (χ4v) is 2.77. The van der Waals surface area contributed by atoms with Gasteiger partial charge in [-0.25, -0.2) is 9.18 Å². The van der Waals surface area contributed by atoms with Crippen LogP contribution in [0.15, 0.2) is 36.4 Å². The molecule has 1 fully saturated rings. The van der Waals surface area contributed by atoms with Crippen molar-refractivity contribution in [2.24, 2.45) is 0 Å². The lowest BCUT2D eigenvalue weighted by atomic mass is 10.0. The first-order valence-electron chi connectivity index (χ1n) is 8.41. The molecule has 0 radical (unpaired) electrons. The molecule has 0 N–H and O–H groups in total. The molecule has 3 rings (SSSR count). The standard InChI is InChI=1S/C20H21FO4/c1-3-13-7-10-19(17(21)11-13)24-12-16-15(14-8-9-14)5-4-6-18(16)25-20(22)23-2/h4-7,10-11,14H,3,8-9,12H2,1-2H3. The van der Waals surface area contributed by atoms with Crippen LogP contribution < -0.4 is 9.47 Å². The first-order valence-corrected chi connectivity index (χ1v) is 8.41. The van der Waals surface area contributed by atoms with Crippen molar-refractivity contribution in [3.05, 3.63) is 58.9 Å². The third-order valence-corrected chi connectivity index (χ3v) is 4.32. The number of aryl methyl sites for hydroxylation is 1. The number of carbonyl (C=O) groups excluding carboxylic acids is 1. The highest BCUT2D eigenvalue weighted by Gasteiger charge is 2.28. The molecule has 0 heterocycles. The smallest absolute Gasteiger partial charge is 0.486 e. The number of methoxy groups -OCH3 is 1. The van der Waals surface area contributed by atoms with Gasteiger partial charge in [0, 0.05) is 5.56 Å². The summed E-state index contributed by atoms with van der Waals surface area (Å²) in [5.41, 5.74) is 2.75. The molecule has 0 saturated heterocycles. The number of hydrogen-bond donors (Lipinski definition) is 0. The van der Waals surface area contributed by atoms with Gasteiger partial charge in [-0.15, -0.1) is 0 Å². The molecule has 0 unspecified atom stereocenters. The van der Waals surface area contributed by atoms with Crippen molar-refractivity contribution in [1.29, 1.82) is 0 Å². The molecule has 0 aliphatic heterocycles. The van der Waals surface area contributed by atoms with Gasteiger partial charge in [0.25, 0.3) is 0 Å². The van der Waals surface area contributed by atoms with E-state index in [1.807, 2.05) is 25.1 Å². The van der Waals surface area contributed by atoms with E-state index in [0.717, 1.165) is 36.0 Å². The molecular formula is C20H21FO4. The van der Waals surface area contributed by atoms with Crippen LogP contribution >= 0.6 is 0 Å². The van der Waals surface area contributed by atoms with Crippen LogP contribution in [0, 0.1) is 5.82 Å². The summed E-state index contributed by atoms with van der Waals surface area (Å²) in [7, 11) is 1.26. The van der Waals surface area contributed by atoms with E-state index >= 15 is 0 Å². The molecule has 1 saturated carbocycles. The van der Waals surface area contributed by atoms with Crippen molar-refractivity contribution in [2.75, 3.05) is 7.11 Å². The summed E-state index contributed by atoms with van der Waals surface area (Å²) in [6.45, 7) is 2.10. The largest absolute Gasteiger partial charge is 0.513 e. The van der Waals surface area contributed by atoms with E-state index in [1.165, 1.54) is 13.2 Å². The molecule has 0 atom stereocenters. The predicted molar refractivity (Wildman–Crippen MR) is 91.6 cm³/mol. The molecule has 1 aliphatic carbocycles. The maximum atomic E-state index is 14.1. The monoisotopic (exact) mass is 344 g/mol. The Morgan fingerprint density at radius 3 is 2.64 bits per heavy atom. The lowest BCUT2D eigenvalue weighted by Crippen LogP contribution is -2.11. The minimum atomic E-state index is -0.785. The summed E-state index contributed by atoms with van der Waals surface area (Å²) in [5.74, 6) is 0.624. The fraction of sp³-hybridized carbons (Fsp3) is 0.350. The lowest BCUT2D eigenvalue weighted by Gasteiger charge is -2.15. The molecule has 2 aromatic carbocycles. The van der Waals surface area contributed by atoms with Gasteiger partial charge in [0.05, 0.1) is 7.11 Å². The number of hydrogen-bond acceptors (Lipinski definition) is 4. The van der Waals surface area contributed by atoms with Crippen molar-refractivity contribution in [3.63, 3.8) is 0 Å². The number of rotatable bonds is 6.